The lowest BCUT2D eigenvalue weighted by Gasteiger charge is -2.26. The monoisotopic (exact) mass is 427 g/mol. The molecule has 5 rings (SSSR count). The molecule has 0 radical (unpaired) electrons. The summed E-state index contributed by atoms with van der Waals surface area (Å²) in [6.45, 7) is 3.15. The average Bonchev–Trinajstić information content (AvgIpc) is 3.64. The van der Waals surface area contributed by atoms with Crippen LogP contribution in [0.1, 0.15) is 29.7 Å². The first kappa shape index (κ1) is 20.3. The Bertz CT molecular complexity index is 1230. The van der Waals surface area contributed by atoms with Crippen LogP contribution in [0, 0.1) is 24.7 Å². The van der Waals surface area contributed by atoms with E-state index in [-0.39, 0.29) is 11.7 Å². The molecule has 2 aromatic carbocycles. The number of para-hydroxylation sites is 2. The maximum Gasteiger partial charge on any atom is 0.254 e. The highest BCUT2D eigenvalue weighted by Gasteiger charge is 2.21. The van der Waals surface area contributed by atoms with Gasteiger partial charge in [0.2, 0.25) is 0 Å². The molecule has 1 aliphatic heterocycles. The van der Waals surface area contributed by atoms with Crippen LogP contribution >= 0.6 is 0 Å². The Hall–Kier alpha value is -3.65. The normalized spacial score (nSPS) is 16.7. The van der Waals surface area contributed by atoms with Crippen molar-refractivity contribution in [2.75, 3.05) is 13.2 Å². The Balaban J connectivity index is 1.22. The Kier molecular flexibility index (Phi) is 5.60. The van der Waals surface area contributed by atoms with Gasteiger partial charge in [-0.15, -0.1) is 0 Å². The van der Waals surface area contributed by atoms with Crippen LogP contribution in [-0.2, 0) is 6.54 Å². The van der Waals surface area contributed by atoms with Crippen molar-refractivity contribution in [3.8, 4) is 29.1 Å². The van der Waals surface area contributed by atoms with Gasteiger partial charge in [0.15, 0.2) is 17.6 Å². The van der Waals surface area contributed by atoms with E-state index in [1.807, 2.05) is 61.5 Å². The number of benzene rings is 2. The van der Waals surface area contributed by atoms with E-state index in [1.165, 1.54) is 18.9 Å². The molecule has 3 aromatic rings. The molecule has 2 heterocycles. The topological polar surface area (TPSA) is 49.7 Å². The molecule has 162 valence electrons. The van der Waals surface area contributed by atoms with E-state index in [1.54, 1.807) is 4.57 Å². The van der Waals surface area contributed by atoms with Crippen LogP contribution in [0.3, 0.4) is 0 Å². The van der Waals surface area contributed by atoms with Crippen molar-refractivity contribution in [3.05, 3.63) is 87.8 Å². The summed E-state index contributed by atoms with van der Waals surface area (Å²) in [4.78, 5) is 12.7. The minimum absolute atomic E-state index is 0.0937. The van der Waals surface area contributed by atoms with E-state index in [4.69, 9.17) is 14.2 Å². The fourth-order valence-electron chi connectivity index (χ4n) is 3.61. The fraction of sp³-hybridized carbons (Fsp3) is 0.296. The minimum atomic E-state index is -0.228. The average molecular weight is 428 g/mol. The Morgan fingerprint density at radius 1 is 1.06 bits per heavy atom. The molecule has 0 amide bonds. The third-order valence-corrected chi connectivity index (χ3v) is 5.60. The van der Waals surface area contributed by atoms with Crippen LogP contribution in [-0.4, -0.2) is 23.9 Å². The van der Waals surface area contributed by atoms with E-state index in [9.17, 15) is 4.79 Å². The maximum atomic E-state index is 12.7. The summed E-state index contributed by atoms with van der Waals surface area (Å²) >= 11 is 0. The number of hydrogen-bond acceptors (Lipinski definition) is 4. The Morgan fingerprint density at radius 3 is 2.59 bits per heavy atom. The molecule has 1 unspecified atom stereocenters. The third-order valence-electron chi connectivity index (χ3n) is 5.60. The summed E-state index contributed by atoms with van der Waals surface area (Å²) in [5.74, 6) is 9.07. The largest absolute Gasteiger partial charge is 0.489 e. The predicted molar refractivity (Wildman–Crippen MR) is 122 cm³/mol. The van der Waals surface area contributed by atoms with Crippen LogP contribution < -0.4 is 19.8 Å². The van der Waals surface area contributed by atoms with Gasteiger partial charge < -0.3 is 18.8 Å². The standard InChI is InChI=1S/C27H25NO4/c1-19-14-23(30-17-24-18-31-25-4-2-3-5-26(25)32-24)15-27(29)28(19)16-22-12-10-21(11-13-22)9-8-20-6-7-20/h2-5,10-15,20,24H,6-7,16-18H2,1H3. The zero-order valence-electron chi connectivity index (χ0n) is 18.0. The zero-order valence-corrected chi connectivity index (χ0v) is 18.0. The molecular weight excluding hydrogens is 402 g/mol. The van der Waals surface area contributed by atoms with Gasteiger partial charge in [0.1, 0.15) is 19.0 Å². The van der Waals surface area contributed by atoms with Crippen LogP contribution in [0.5, 0.6) is 17.2 Å². The van der Waals surface area contributed by atoms with Crippen molar-refractivity contribution in [3.63, 3.8) is 0 Å². The van der Waals surface area contributed by atoms with Crippen molar-refractivity contribution < 1.29 is 14.2 Å². The van der Waals surface area contributed by atoms with Gasteiger partial charge in [0.25, 0.3) is 5.56 Å². The van der Waals surface area contributed by atoms with E-state index in [0.29, 0.717) is 37.2 Å². The zero-order chi connectivity index (χ0) is 21.9. The van der Waals surface area contributed by atoms with Crippen molar-refractivity contribution in [1.29, 1.82) is 0 Å². The molecule has 2 aliphatic rings. The van der Waals surface area contributed by atoms with Gasteiger partial charge in [0, 0.05) is 23.2 Å². The molecule has 1 saturated carbocycles. The fourth-order valence-corrected chi connectivity index (χ4v) is 3.61. The smallest absolute Gasteiger partial charge is 0.254 e. The van der Waals surface area contributed by atoms with Gasteiger partial charge in [-0.2, -0.15) is 0 Å². The van der Waals surface area contributed by atoms with E-state index < -0.39 is 0 Å². The van der Waals surface area contributed by atoms with Crippen molar-refractivity contribution in [1.82, 2.24) is 4.57 Å². The Labute approximate surface area is 187 Å². The lowest BCUT2D eigenvalue weighted by atomic mass is 10.1. The lowest BCUT2D eigenvalue weighted by Crippen LogP contribution is -2.34. The molecule has 1 atom stereocenters. The first-order chi connectivity index (χ1) is 15.6. The number of hydrogen-bond donors (Lipinski definition) is 0. The number of pyridine rings is 1. The Morgan fingerprint density at radius 2 is 1.84 bits per heavy atom. The van der Waals surface area contributed by atoms with Gasteiger partial charge in [0.05, 0.1) is 6.54 Å². The first-order valence-electron chi connectivity index (χ1n) is 11.0. The summed E-state index contributed by atoms with van der Waals surface area (Å²) < 4.78 is 19.2. The number of aryl methyl sites for hydroxylation is 1. The van der Waals surface area contributed by atoms with Crippen LogP contribution in [0.4, 0.5) is 0 Å². The summed E-state index contributed by atoms with van der Waals surface area (Å²) in [5, 5.41) is 0. The van der Waals surface area contributed by atoms with E-state index >= 15 is 0 Å². The number of aromatic nitrogens is 1. The number of fused-ring (bicyclic) bond motifs is 1. The highest BCUT2D eigenvalue weighted by molar-refractivity contribution is 5.41. The van der Waals surface area contributed by atoms with E-state index in [0.717, 1.165) is 22.6 Å². The highest BCUT2D eigenvalue weighted by atomic mass is 16.6. The minimum Gasteiger partial charge on any atom is -0.489 e. The van der Waals surface area contributed by atoms with Crippen molar-refractivity contribution in [2.45, 2.75) is 32.4 Å². The first-order valence-corrected chi connectivity index (χ1v) is 11.0. The second-order valence-corrected chi connectivity index (χ2v) is 8.31. The second kappa shape index (κ2) is 8.84. The molecule has 1 aromatic heterocycles. The van der Waals surface area contributed by atoms with Crippen LogP contribution in [0.15, 0.2) is 65.5 Å². The van der Waals surface area contributed by atoms with Crippen LogP contribution in [0.2, 0.25) is 0 Å². The van der Waals surface area contributed by atoms with Gasteiger partial charge in [-0.25, -0.2) is 0 Å². The summed E-state index contributed by atoms with van der Waals surface area (Å²) in [6.07, 6.45) is 2.22. The molecule has 32 heavy (non-hydrogen) atoms. The molecule has 0 spiro atoms. The van der Waals surface area contributed by atoms with Crippen LogP contribution in [0.25, 0.3) is 0 Å². The van der Waals surface area contributed by atoms with Gasteiger partial charge in [-0.05, 0) is 55.7 Å². The highest BCUT2D eigenvalue weighted by Crippen LogP contribution is 2.31. The number of rotatable bonds is 5. The molecule has 1 aliphatic carbocycles. The van der Waals surface area contributed by atoms with Crippen molar-refractivity contribution >= 4 is 0 Å². The summed E-state index contributed by atoms with van der Waals surface area (Å²) in [7, 11) is 0. The van der Waals surface area contributed by atoms with Gasteiger partial charge >= 0.3 is 0 Å². The quantitative estimate of drug-likeness (QED) is 0.573. The van der Waals surface area contributed by atoms with E-state index in [2.05, 4.69) is 11.8 Å². The van der Waals surface area contributed by atoms with Crippen molar-refractivity contribution in [2.24, 2.45) is 5.92 Å². The molecule has 0 N–H and O–H groups in total. The number of ether oxygens (including phenoxy) is 3. The summed E-state index contributed by atoms with van der Waals surface area (Å²) in [6, 6.07) is 19.1. The third kappa shape index (κ3) is 4.81. The molecule has 0 bridgehead atoms. The predicted octanol–water partition coefficient (Wildman–Crippen LogP) is 4.19. The molecule has 0 saturated heterocycles. The lowest BCUT2D eigenvalue weighted by molar-refractivity contribution is 0.0534. The molecule has 5 nitrogen and oxygen atoms in total. The second-order valence-electron chi connectivity index (χ2n) is 8.31. The van der Waals surface area contributed by atoms with Gasteiger partial charge in [-0.1, -0.05) is 36.1 Å². The SMILES string of the molecule is Cc1cc(OCC2COc3ccccc3O2)cc(=O)n1Cc1ccc(C#CC2CC2)cc1. The van der Waals surface area contributed by atoms with Gasteiger partial charge in [-0.3, -0.25) is 4.79 Å². The molecular formula is C27H25NO4. The maximum absolute atomic E-state index is 12.7. The molecule has 1 fully saturated rings. The molecule has 5 heteroatoms. The number of nitrogens with zero attached hydrogens (tertiary/aromatic N) is 1. The summed E-state index contributed by atoms with van der Waals surface area (Å²) in [5.41, 5.74) is 2.83.